The van der Waals surface area contributed by atoms with E-state index in [1.807, 2.05) is 24.9 Å². The van der Waals surface area contributed by atoms with Crippen molar-refractivity contribution in [3.63, 3.8) is 0 Å². The van der Waals surface area contributed by atoms with Crippen molar-refractivity contribution in [2.45, 2.75) is 32.2 Å². The Morgan fingerprint density at radius 1 is 1.11 bits per heavy atom. The molecule has 1 atom stereocenters. The lowest BCUT2D eigenvalue weighted by molar-refractivity contribution is -0.121. The molecule has 0 saturated carbocycles. The molecule has 2 aromatic rings. The van der Waals surface area contributed by atoms with Gasteiger partial charge in [0.15, 0.2) is 0 Å². The van der Waals surface area contributed by atoms with E-state index in [0.717, 1.165) is 6.42 Å². The molecule has 0 spiro atoms. The molecule has 0 aliphatic heterocycles. The summed E-state index contributed by atoms with van der Waals surface area (Å²) in [6.07, 6.45) is 2.05. The van der Waals surface area contributed by atoms with Crippen LogP contribution in [0, 0.1) is 0 Å². The van der Waals surface area contributed by atoms with Crippen LogP contribution in [0.2, 0.25) is 0 Å². The van der Waals surface area contributed by atoms with E-state index in [1.165, 1.54) is 22.5 Å². The number of nitrogens with one attached hydrogen (secondary N) is 2. The summed E-state index contributed by atoms with van der Waals surface area (Å²) < 4.78 is 0. The van der Waals surface area contributed by atoms with Crippen molar-refractivity contribution < 1.29 is 9.59 Å². The summed E-state index contributed by atoms with van der Waals surface area (Å²) in [4.78, 5) is 26.1. The van der Waals surface area contributed by atoms with E-state index in [4.69, 9.17) is 0 Å². The van der Waals surface area contributed by atoms with Gasteiger partial charge >= 0.3 is 0 Å². The summed E-state index contributed by atoms with van der Waals surface area (Å²) >= 11 is 1.49. The Morgan fingerprint density at radius 2 is 1.85 bits per heavy atom. The van der Waals surface area contributed by atoms with Crippen LogP contribution in [0.25, 0.3) is 0 Å². The maximum absolute atomic E-state index is 12.1. The van der Waals surface area contributed by atoms with Crippen molar-refractivity contribution >= 4 is 23.2 Å². The third-order valence-electron chi connectivity index (χ3n) is 4.54. The van der Waals surface area contributed by atoms with Gasteiger partial charge in [0.25, 0.3) is 5.91 Å². The van der Waals surface area contributed by atoms with Crippen molar-refractivity contribution in [3.05, 3.63) is 57.8 Å². The van der Waals surface area contributed by atoms with Gasteiger partial charge in [-0.3, -0.25) is 9.59 Å². The minimum atomic E-state index is -0.0835. The van der Waals surface area contributed by atoms with Gasteiger partial charge in [-0.15, -0.1) is 0 Å². The highest BCUT2D eigenvalue weighted by atomic mass is 32.1. The molecule has 1 heterocycles. The van der Waals surface area contributed by atoms with Gasteiger partial charge in [0.1, 0.15) is 0 Å². The zero-order chi connectivity index (χ0) is 19.6. The number of rotatable bonds is 10. The number of likely N-dealkylation sites (N-methyl/N-ethyl adjacent to an activating group) is 1. The van der Waals surface area contributed by atoms with Crippen LogP contribution in [0.4, 0.5) is 0 Å². The first-order chi connectivity index (χ1) is 13.0. The van der Waals surface area contributed by atoms with Crippen molar-refractivity contribution in [2.24, 2.45) is 0 Å². The Labute approximate surface area is 165 Å². The molecule has 0 aliphatic carbocycles. The number of hydrogen-bond donors (Lipinski definition) is 2. The molecule has 2 N–H and O–H groups in total. The van der Waals surface area contributed by atoms with Crippen LogP contribution in [-0.2, 0) is 11.2 Å². The number of carbonyl (C=O) groups excluding carboxylic acids is 2. The summed E-state index contributed by atoms with van der Waals surface area (Å²) in [5, 5.41) is 9.55. The summed E-state index contributed by atoms with van der Waals surface area (Å²) in [7, 11) is 4.04. The predicted molar refractivity (Wildman–Crippen MR) is 111 cm³/mol. The maximum Gasteiger partial charge on any atom is 0.252 e. The molecule has 6 heteroatoms. The topological polar surface area (TPSA) is 61.4 Å². The quantitative estimate of drug-likeness (QED) is 0.615. The smallest absolute Gasteiger partial charge is 0.252 e. The molecule has 2 rings (SSSR count). The lowest BCUT2D eigenvalue weighted by Crippen LogP contribution is -2.35. The third kappa shape index (κ3) is 6.81. The first kappa shape index (κ1) is 21.1. The van der Waals surface area contributed by atoms with Crippen molar-refractivity contribution in [2.75, 3.05) is 27.2 Å². The predicted octanol–water partition coefficient (Wildman–Crippen LogP) is 3.24. The second kappa shape index (κ2) is 10.8. The van der Waals surface area contributed by atoms with Gasteiger partial charge in [0, 0.05) is 30.5 Å². The third-order valence-corrected chi connectivity index (χ3v) is 5.22. The van der Waals surface area contributed by atoms with Gasteiger partial charge in [-0.25, -0.2) is 0 Å². The number of hydrogen-bond acceptors (Lipinski definition) is 4. The Bertz CT molecular complexity index is 712. The Kier molecular flexibility index (Phi) is 8.48. The molecule has 146 valence electrons. The normalized spacial score (nSPS) is 12.0. The van der Waals surface area contributed by atoms with Crippen LogP contribution in [0.1, 0.15) is 47.3 Å². The van der Waals surface area contributed by atoms with Gasteiger partial charge in [0.2, 0.25) is 5.91 Å². The zero-order valence-corrected chi connectivity index (χ0v) is 17.1. The fourth-order valence-corrected chi connectivity index (χ4v) is 3.46. The van der Waals surface area contributed by atoms with Crippen LogP contribution < -0.4 is 10.6 Å². The summed E-state index contributed by atoms with van der Waals surface area (Å²) in [6.45, 7) is 3.21. The van der Waals surface area contributed by atoms with E-state index in [1.54, 1.807) is 6.07 Å². The van der Waals surface area contributed by atoms with E-state index in [-0.39, 0.29) is 17.9 Å². The average molecular weight is 388 g/mol. The van der Waals surface area contributed by atoms with E-state index in [2.05, 4.69) is 46.7 Å². The molecular formula is C21H29N3O2S. The van der Waals surface area contributed by atoms with Crippen LogP contribution in [-0.4, -0.2) is 43.9 Å². The number of aryl methyl sites for hydroxylation is 1. The number of carbonyl (C=O) groups is 2. The first-order valence-electron chi connectivity index (χ1n) is 9.33. The SMILES string of the molecule is CCc1ccc(C(CNC(=O)CCCNC(=O)c2ccsc2)N(C)C)cc1. The molecule has 1 unspecified atom stereocenters. The fourth-order valence-electron chi connectivity index (χ4n) is 2.82. The van der Waals surface area contributed by atoms with Crippen LogP contribution in [0.15, 0.2) is 41.1 Å². The standard InChI is InChI=1S/C21H29N3O2S/c1-4-16-7-9-17(10-8-16)19(24(2)3)14-23-20(25)6-5-12-22-21(26)18-11-13-27-15-18/h7-11,13,15,19H,4-6,12,14H2,1-3H3,(H,22,26)(H,23,25). The molecule has 0 bridgehead atoms. The fraction of sp³-hybridized carbons (Fsp3) is 0.429. The highest BCUT2D eigenvalue weighted by molar-refractivity contribution is 7.08. The highest BCUT2D eigenvalue weighted by Crippen LogP contribution is 2.18. The maximum atomic E-state index is 12.1. The van der Waals surface area contributed by atoms with Crippen molar-refractivity contribution in [3.8, 4) is 0 Å². The first-order valence-corrected chi connectivity index (χ1v) is 10.3. The number of benzene rings is 1. The molecular weight excluding hydrogens is 358 g/mol. The number of nitrogens with zero attached hydrogens (tertiary/aromatic N) is 1. The van der Waals surface area contributed by atoms with Gasteiger partial charge < -0.3 is 15.5 Å². The second-order valence-electron chi connectivity index (χ2n) is 6.75. The largest absolute Gasteiger partial charge is 0.354 e. The molecule has 27 heavy (non-hydrogen) atoms. The van der Waals surface area contributed by atoms with E-state index in [0.29, 0.717) is 31.5 Å². The minimum absolute atomic E-state index is 0.0109. The van der Waals surface area contributed by atoms with E-state index < -0.39 is 0 Å². The molecule has 1 aromatic carbocycles. The second-order valence-corrected chi connectivity index (χ2v) is 7.53. The van der Waals surface area contributed by atoms with Gasteiger partial charge in [-0.1, -0.05) is 31.2 Å². The van der Waals surface area contributed by atoms with Crippen molar-refractivity contribution in [1.29, 1.82) is 0 Å². The van der Waals surface area contributed by atoms with Gasteiger partial charge in [-0.05, 0) is 49.5 Å². The Hall–Kier alpha value is -2.18. The number of amides is 2. The Balaban J connectivity index is 1.72. The minimum Gasteiger partial charge on any atom is -0.354 e. The average Bonchev–Trinajstić information content (AvgIpc) is 3.20. The summed E-state index contributed by atoms with van der Waals surface area (Å²) in [6, 6.07) is 10.5. The summed E-state index contributed by atoms with van der Waals surface area (Å²) in [5.74, 6) is -0.0725. The molecule has 5 nitrogen and oxygen atoms in total. The number of thiophene rings is 1. The zero-order valence-electron chi connectivity index (χ0n) is 16.3. The van der Waals surface area contributed by atoms with Crippen LogP contribution >= 0.6 is 11.3 Å². The van der Waals surface area contributed by atoms with E-state index in [9.17, 15) is 9.59 Å². The van der Waals surface area contributed by atoms with Crippen LogP contribution in [0.3, 0.4) is 0 Å². The Morgan fingerprint density at radius 3 is 2.44 bits per heavy atom. The van der Waals surface area contributed by atoms with Gasteiger partial charge in [0.05, 0.1) is 6.04 Å². The highest BCUT2D eigenvalue weighted by Gasteiger charge is 2.15. The van der Waals surface area contributed by atoms with Crippen molar-refractivity contribution in [1.82, 2.24) is 15.5 Å². The van der Waals surface area contributed by atoms with E-state index >= 15 is 0 Å². The lowest BCUT2D eigenvalue weighted by Gasteiger charge is -2.25. The molecule has 0 saturated heterocycles. The molecule has 0 aliphatic rings. The molecule has 1 aromatic heterocycles. The van der Waals surface area contributed by atoms with Gasteiger partial charge in [-0.2, -0.15) is 11.3 Å². The lowest BCUT2D eigenvalue weighted by atomic mass is 10.0. The monoisotopic (exact) mass is 387 g/mol. The molecule has 0 radical (unpaired) electrons. The molecule has 2 amide bonds. The van der Waals surface area contributed by atoms with Crippen LogP contribution in [0.5, 0.6) is 0 Å². The molecule has 0 fully saturated rings. The summed E-state index contributed by atoms with van der Waals surface area (Å²) in [5.41, 5.74) is 3.18.